The maximum atomic E-state index is 10.5. The molecule has 7 heteroatoms. The second-order valence-corrected chi connectivity index (χ2v) is 4.57. The molecule has 0 spiro atoms. The third kappa shape index (κ3) is 3.78. The van der Waals surface area contributed by atoms with Crippen molar-refractivity contribution in [2.45, 2.75) is 12.8 Å². The molecule has 0 radical (unpaired) electrons. The first-order chi connectivity index (χ1) is 8.63. The highest BCUT2D eigenvalue weighted by Crippen LogP contribution is 2.03. The Hall–Kier alpha value is -1.47. The average molecular weight is 254 g/mol. The maximum Gasteiger partial charge on any atom is 0.311 e. The molecule has 1 N–H and O–H groups in total. The van der Waals surface area contributed by atoms with Crippen LogP contribution in [0.15, 0.2) is 4.52 Å². The number of hydrogen-bond acceptors (Lipinski definition) is 6. The van der Waals surface area contributed by atoms with Crippen molar-refractivity contribution in [2.24, 2.45) is 0 Å². The van der Waals surface area contributed by atoms with Gasteiger partial charge in [0.05, 0.1) is 0 Å². The van der Waals surface area contributed by atoms with Crippen LogP contribution in [0.25, 0.3) is 0 Å². The Morgan fingerprint density at radius 3 is 2.78 bits per heavy atom. The van der Waals surface area contributed by atoms with Crippen molar-refractivity contribution in [3.8, 4) is 0 Å². The molecule has 1 aromatic heterocycles. The van der Waals surface area contributed by atoms with Crippen LogP contribution in [0.5, 0.6) is 0 Å². The summed E-state index contributed by atoms with van der Waals surface area (Å²) in [6.45, 7) is 5.13. The Bertz CT molecular complexity index is 399. The van der Waals surface area contributed by atoms with Gasteiger partial charge in [-0.2, -0.15) is 4.98 Å². The first kappa shape index (κ1) is 13.0. The summed E-state index contributed by atoms with van der Waals surface area (Å²) in [5.74, 6) is -0.178. The molecular formula is C11H18N4O3. The summed E-state index contributed by atoms with van der Waals surface area (Å²) in [5, 5.41) is 12.2. The summed E-state index contributed by atoms with van der Waals surface area (Å²) in [5.41, 5.74) is 0. The lowest BCUT2D eigenvalue weighted by atomic mass is 10.3. The number of likely N-dealkylation sites (N-methyl/N-ethyl adjacent to an activating group) is 1. The first-order valence-electron chi connectivity index (χ1n) is 6.07. The predicted octanol–water partition coefficient (Wildman–Crippen LogP) is -0.513. The van der Waals surface area contributed by atoms with E-state index in [1.165, 1.54) is 0 Å². The number of nitrogens with zero attached hydrogens (tertiary/aromatic N) is 4. The fourth-order valence-electron chi connectivity index (χ4n) is 1.92. The Labute approximate surface area is 105 Å². The molecule has 7 nitrogen and oxygen atoms in total. The zero-order chi connectivity index (χ0) is 13.0. The van der Waals surface area contributed by atoms with Crippen molar-refractivity contribution < 1.29 is 14.4 Å². The number of aliphatic carboxylic acids is 1. The van der Waals surface area contributed by atoms with Gasteiger partial charge < -0.3 is 19.4 Å². The summed E-state index contributed by atoms with van der Waals surface area (Å²) < 4.78 is 5.02. The fourth-order valence-corrected chi connectivity index (χ4v) is 1.92. The van der Waals surface area contributed by atoms with Crippen LogP contribution in [0.4, 0.5) is 0 Å². The Balaban J connectivity index is 1.76. The molecule has 0 unspecified atom stereocenters. The van der Waals surface area contributed by atoms with Crippen LogP contribution in [0.1, 0.15) is 11.7 Å². The van der Waals surface area contributed by atoms with E-state index in [1.807, 2.05) is 0 Å². The van der Waals surface area contributed by atoms with Crippen LogP contribution >= 0.6 is 0 Å². The quantitative estimate of drug-likeness (QED) is 0.757. The summed E-state index contributed by atoms with van der Waals surface area (Å²) in [6, 6.07) is 0. The topological polar surface area (TPSA) is 82.7 Å². The van der Waals surface area contributed by atoms with Crippen LogP contribution in [0.3, 0.4) is 0 Å². The number of aromatic nitrogens is 2. The minimum atomic E-state index is -0.943. The molecule has 1 aliphatic heterocycles. The Morgan fingerprint density at radius 1 is 1.39 bits per heavy atom. The van der Waals surface area contributed by atoms with Gasteiger partial charge in [-0.15, -0.1) is 0 Å². The van der Waals surface area contributed by atoms with Gasteiger partial charge >= 0.3 is 5.97 Å². The zero-order valence-electron chi connectivity index (χ0n) is 10.5. The lowest BCUT2D eigenvalue weighted by Crippen LogP contribution is -2.45. The third-order valence-electron chi connectivity index (χ3n) is 3.06. The van der Waals surface area contributed by atoms with E-state index in [0.717, 1.165) is 32.7 Å². The summed E-state index contributed by atoms with van der Waals surface area (Å²) in [7, 11) is 2.12. The number of carboxylic acid groups (broad SMARTS) is 1. The second kappa shape index (κ2) is 5.92. The molecule has 1 saturated heterocycles. The van der Waals surface area contributed by atoms with Crippen LogP contribution in [0, 0.1) is 0 Å². The van der Waals surface area contributed by atoms with Crippen LogP contribution < -0.4 is 0 Å². The van der Waals surface area contributed by atoms with Gasteiger partial charge in [0.25, 0.3) is 0 Å². The number of hydrogen-bond donors (Lipinski definition) is 1. The van der Waals surface area contributed by atoms with E-state index >= 15 is 0 Å². The predicted molar refractivity (Wildman–Crippen MR) is 63.3 cm³/mol. The van der Waals surface area contributed by atoms with Crippen molar-refractivity contribution in [3.63, 3.8) is 0 Å². The van der Waals surface area contributed by atoms with Gasteiger partial charge in [-0.1, -0.05) is 5.16 Å². The van der Waals surface area contributed by atoms with Crippen molar-refractivity contribution in [2.75, 3.05) is 39.8 Å². The Kier molecular flexibility index (Phi) is 4.27. The summed E-state index contributed by atoms with van der Waals surface area (Å²) in [6.07, 6.45) is 0.494. The van der Waals surface area contributed by atoms with Gasteiger partial charge in [0.2, 0.25) is 5.89 Å². The number of carbonyl (C=O) groups is 1. The molecule has 2 heterocycles. The molecule has 18 heavy (non-hydrogen) atoms. The minimum Gasteiger partial charge on any atom is -0.481 e. The van der Waals surface area contributed by atoms with Crippen LogP contribution in [-0.4, -0.2) is 70.8 Å². The Morgan fingerprint density at radius 2 is 2.11 bits per heavy atom. The fraction of sp³-hybridized carbons (Fsp3) is 0.727. The molecule has 0 aliphatic carbocycles. The van der Waals surface area contributed by atoms with Crippen LogP contribution in [0.2, 0.25) is 0 Å². The van der Waals surface area contributed by atoms with E-state index in [4.69, 9.17) is 9.63 Å². The maximum absolute atomic E-state index is 10.5. The lowest BCUT2D eigenvalue weighted by molar-refractivity contribution is -0.136. The molecule has 1 aromatic rings. The third-order valence-corrected chi connectivity index (χ3v) is 3.06. The molecule has 100 valence electrons. The highest BCUT2D eigenvalue weighted by Gasteiger charge is 2.15. The standard InChI is InChI=1S/C11H18N4O3/c1-14-4-6-15(7-5-14)3-2-10-12-9(13-18-10)8-11(16)17/h2-8H2,1H3,(H,16,17). The molecular weight excluding hydrogens is 236 g/mol. The highest BCUT2D eigenvalue weighted by molar-refractivity contribution is 5.68. The average Bonchev–Trinajstić information content (AvgIpc) is 2.75. The van der Waals surface area contributed by atoms with E-state index in [0.29, 0.717) is 12.3 Å². The lowest BCUT2D eigenvalue weighted by Gasteiger charge is -2.31. The molecule has 0 saturated carbocycles. The summed E-state index contributed by atoms with van der Waals surface area (Å²) >= 11 is 0. The minimum absolute atomic E-state index is 0.183. The van der Waals surface area contributed by atoms with E-state index in [9.17, 15) is 4.79 Å². The monoisotopic (exact) mass is 254 g/mol. The molecule has 0 amide bonds. The van der Waals surface area contributed by atoms with Gasteiger partial charge in [-0.05, 0) is 7.05 Å². The van der Waals surface area contributed by atoms with E-state index in [-0.39, 0.29) is 12.2 Å². The number of rotatable bonds is 5. The van der Waals surface area contributed by atoms with Crippen molar-refractivity contribution in [1.82, 2.24) is 19.9 Å². The molecule has 0 aromatic carbocycles. The van der Waals surface area contributed by atoms with Gasteiger partial charge in [0.1, 0.15) is 6.42 Å². The first-order valence-corrected chi connectivity index (χ1v) is 6.07. The molecule has 0 atom stereocenters. The normalized spacial score (nSPS) is 18.1. The summed E-state index contributed by atoms with van der Waals surface area (Å²) in [4.78, 5) is 19.2. The van der Waals surface area contributed by atoms with Crippen LogP contribution in [-0.2, 0) is 17.6 Å². The molecule has 0 bridgehead atoms. The largest absolute Gasteiger partial charge is 0.481 e. The number of piperazine rings is 1. The SMILES string of the molecule is CN1CCN(CCc2nc(CC(=O)O)no2)CC1. The van der Waals surface area contributed by atoms with Crippen molar-refractivity contribution in [3.05, 3.63) is 11.7 Å². The smallest absolute Gasteiger partial charge is 0.311 e. The molecule has 1 fully saturated rings. The van der Waals surface area contributed by atoms with E-state index in [1.54, 1.807) is 0 Å². The van der Waals surface area contributed by atoms with E-state index < -0.39 is 5.97 Å². The van der Waals surface area contributed by atoms with E-state index in [2.05, 4.69) is 27.0 Å². The van der Waals surface area contributed by atoms with Crippen molar-refractivity contribution >= 4 is 5.97 Å². The molecule has 2 rings (SSSR count). The number of carboxylic acids is 1. The van der Waals surface area contributed by atoms with Crippen molar-refractivity contribution in [1.29, 1.82) is 0 Å². The highest BCUT2D eigenvalue weighted by atomic mass is 16.5. The molecule has 1 aliphatic rings. The van der Waals surface area contributed by atoms with Gasteiger partial charge in [-0.3, -0.25) is 4.79 Å². The zero-order valence-corrected chi connectivity index (χ0v) is 10.5. The van der Waals surface area contributed by atoms with Gasteiger partial charge in [0.15, 0.2) is 5.82 Å². The van der Waals surface area contributed by atoms with Gasteiger partial charge in [-0.25, -0.2) is 0 Å². The van der Waals surface area contributed by atoms with Gasteiger partial charge in [0, 0.05) is 39.1 Å². The second-order valence-electron chi connectivity index (χ2n) is 4.57.